The Morgan fingerprint density at radius 2 is 1.73 bits per heavy atom. The summed E-state index contributed by atoms with van der Waals surface area (Å²) in [5.41, 5.74) is 4.02. The lowest BCUT2D eigenvalue weighted by atomic mass is 10.1. The van der Waals surface area contributed by atoms with E-state index in [1.165, 1.54) is 5.56 Å². The Bertz CT molecular complexity index is 917. The normalized spacial score (nSPS) is 11.8. The van der Waals surface area contributed by atoms with Gasteiger partial charge in [0.25, 0.3) is 0 Å². The van der Waals surface area contributed by atoms with Crippen molar-refractivity contribution in [2.45, 2.75) is 26.8 Å². The molecule has 26 heavy (non-hydrogen) atoms. The van der Waals surface area contributed by atoms with E-state index in [9.17, 15) is 4.79 Å². The van der Waals surface area contributed by atoms with E-state index in [0.717, 1.165) is 22.6 Å². The van der Waals surface area contributed by atoms with Crippen LogP contribution in [0.2, 0.25) is 0 Å². The summed E-state index contributed by atoms with van der Waals surface area (Å²) in [7, 11) is 1.89. The van der Waals surface area contributed by atoms with Crippen molar-refractivity contribution in [3.63, 3.8) is 0 Å². The van der Waals surface area contributed by atoms with E-state index < -0.39 is 6.04 Å². The zero-order valence-electron chi connectivity index (χ0n) is 15.4. The number of hydrogen-bond acceptors (Lipinski definition) is 3. The summed E-state index contributed by atoms with van der Waals surface area (Å²) in [6.07, 6.45) is 0. The van der Waals surface area contributed by atoms with Crippen molar-refractivity contribution in [1.82, 2.24) is 20.1 Å². The minimum atomic E-state index is -0.394. The molecular weight excluding hydrogens is 326 g/mol. The van der Waals surface area contributed by atoms with Crippen LogP contribution < -0.4 is 10.6 Å². The molecular formula is C20H23N5O. The topological polar surface area (TPSA) is 71.8 Å². The van der Waals surface area contributed by atoms with Crippen LogP contribution in [0, 0.1) is 20.8 Å². The number of nitrogens with one attached hydrogen (secondary N) is 2. The number of urea groups is 1. The van der Waals surface area contributed by atoms with Crippen LogP contribution in [0.25, 0.3) is 0 Å². The number of carbonyl (C=O) groups is 1. The number of hydrogen-bond donors (Lipinski definition) is 2. The smallest absolute Gasteiger partial charge is 0.320 e. The van der Waals surface area contributed by atoms with Gasteiger partial charge in [-0.15, -0.1) is 10.2 Å². The van der Waals surface area contributed by atoms with Crippen molar-refractivity contribution in [1.29, 1.82) is 0 Å². The molecule has 0 saturated heterocycles. The summed E-state index contributed by atoms with van der Waals surface area (Å²) in [5.74, 6) is 1.47. The molecule has 134 valence electrons. The third-order valence-corrected chi connectivity index (χ3v) is 4.56. The molecule has 0 bridgehead atoms. The number of nitrogens with zero attached hydrogens (tertiary/aromatic N) is 3. The van der Waals surface area contributed by atoms with Crippen molar-refractivity contribution < 1.29 is 4.79 Å². The Balaban J connectivity index is 1.84. The lowest BCUT2D eigenvalue weighted by Gasteiger charge is -2.19. The molecule has 0 fully saturated rings. The predicted molar refractivity (Wildman–Crippen MR) is 102 cm³/mol. The van der Waals surface area contributed by atoms with E-state index in [1.807, 2.05) is 80.9 Å². The molecule has 3 rings (SSSR count). The van der Waals surface area contributed by atoms with E-state index in [4.69, 9.17) is 0 Å². The summed E-state index contributed by atoms with van der Waals surface area (Å²) in [5, 5.41) is 14.3. The van der Waals surface area contributed by atoms with Crippen molar-refractivity contribution in [2.75, 3.05) is 5.32 Å². The maximum absolute atomic E-state index is 12.6. The van der Waals surface area contributed by atoms with E-state index in [0.29, 0.717) is 5.82 Å². The fraction of sp³-hybridized carbons (Fsp3) is 0.250. The lowest BCUT2D eigenvalue weighted by Crippen LogP contribution is -2.34. The highest BCUT2D eigenvalue weighted by Gasteiger charge is 2.22. The highest BCUT2D eigenvalue weighted by Crippen LogP contribution is 2.21. The predicted octanol–water partition coefficient (Wildman–Crippen LogP) is 3.65. The third-order valence-electron chi connectivity index (χ3n) is 4.56. The third kappa shape index (κ3) is 3.74. The molecule has 0 aliphatic heterocycles. The molecule has 0 aliphatic carbocycles. The molecule has 2 N–H and O–H groups in total. The number of aromatic nitrogens is 3. The Kier molecular flexibility index (Phi) is 5.02. The van der Waals surface area contributed by atoms with Gasteiger partial charge in [-0.05, 0) is 49.6 Å². The Labute approximate surface area is 153 Å². The van der Waals surface area contributed by atoms with Crippen LogP contribution in [0.4, 0.5) is 10.5 Å². The van der Waals surface area contributed by atoms with E-state index in [2.05, 4.69) is 20.8 Å². The van der Waals surface area contributed by atoms with Gasteiger partial charge in [-0.1, -0.05) is 36.4 Å². The molecule has 0 radical (unpaired) electrons. The van der Waals surface area contributed by atoms with Crippen LogP contribution in [0.1, 0.15) is 34.4 Å². The number of benzene rings is 2. The van der Waals surface area contributed by atoms with Gasteiger partial charge in [-0.2, -0.15) is 0 Å². The Morgan fingerprint density at radius 3 is 2.35 bits per heavy atom. The van der Waals surface area contributed by atoms with Gasteiger partial charge in [-0.25, -0.2) is 4.79 Å². The molecule has 0 spiro atoms. The molecule has 1 aromatic heterocycles. The monoisotopic (exact) mass is 349 g/mol. The van der Waals surface area contributed by atoms with Crippen LogP contribution in [0.15, 0.2) is 48.5 Å². The van der Waals surface area contributed by atoms with Crippen LogP contribution in [0.3, 0.4) is 0 Å². The van der Waals surface area contributed by atoms with Gasteiger partial charge in [0, 0.05) is 12.7 Å². The number of amides is 2. The highest BCUT2D eigenvalue weighted by molar-refractivity contribution is 5.89. The molecule has 2 amide bonds. The summed E-state index contributed by atoms with van der Waals surface area (Å²) < 4.78 is 1.88. The average molecular weight is 349 g/mol. The molecule has 2 aromatic carbocycles. The summed E-state index contributed by atoms with van der Waals surface area (Å²) in [6.45, 7) is 5.95. The summed E-state index contributed by atoms with van der Waals surface area (Å²) in [4.78, 5) is 12.6. The molecule has 6 nitrogen and oxygen atoms in total. The zero-order valence-corrected chi connectivity index (χ0v) is 15.4. The zero-order chi connectivity index (χ0) is 18.7. The maximum Gasteiger partial charge on any atom is 0.320 e. The minimum absolute atomic E-state index is 0.289. The molecule has 0 saturated carbocycles. The second kappa shape index (κ2) is 7.39. The maximum atomic E-state index is 12.6. The van der Waals surface area contributed by atoms with Crippen LogP contribution in [-0.2, 0) is 7.05 Å². The summed E-state index contributed by atoms with van der Waals surface area (Å²) in [6, 6.07) is 14.9. The number of aryl methyl sites for hydroxylation is 3. The van der Waals surface area contributed by atoms with E-state index >= 15 is 0 Å². The molecule has 6 heteroatoms. The first-order chi connectivity index (χ1) is 12.5. The molecule has 0 aliphatic rings. The van der Waals surface area contributed by atoms with Crippen molar-refractivity contribution in [2.24, 2.45) is 7.05 Å². The van der Waals surface area contributed by atoms with Crippen LogP contribution in [-0.4, -0.2) is 20.8 Å². The quantitative estimate of drug-likeness (QED) is 0.755. The standard InChI is InChI=1S/C20H23N5O/c1-13-10-11-17(12-14(13)2)21-20(26)22-18(16-8-6-5-7-9-16)19-24-23-15(3)25(19)4/h5-12,18H,1-4H3,(H2,21,22,26)/t18-/m1/s1. The fourth-order valence-electron chi connectivity index (χ4n) is 2.73. The van der Waals surface area contributed by atoms with Crippen molar-refractivity contribution >= 4 is 11.7 Å². The minimum Gasteiger partial charge on any atom is -0.324 e. The van der Waals surface area contributed by atoms with Gasteiger partial charge in [-0.3, -0.25) is 0 Å². The van der Waals surface area contributed by atoms with Gasteiger partial charge in [0.1, 0.15) is 11.9 Å². The number of anilines is 1. The second-order valence-corrected chi connectivity index (χ2v) is 6.41. The number of carbonyl (C=O) groups excluding carboxylic acids is 1. The van der Waals surface area contributed by atoms with E-state index in [1.54, 1.807) is 0 Å². The SMILES string of the molecule is Cc1ccc(NC(=O)N[C@H](c2ccccc2)c2nnc(C)n2C)cc1C. The van der Waals surface area contributed by atoms with Gasteiger partial charge in [0.2, 0.25) is 0 Å². The average Bonchev–Trinajstić information content (AvgIpc) is 2.96. The fourth-order valence-corrected chi connectivity index (χ4v) is 2.73. The Morgan fingerprint density at radius 1 is 1.00 bits per heavy atom. The molecule has 0 unspecified atom stereocenters. The number of rotatable bonds is 4. The molecule has 1 heterocycles. The lowest BCUT2D eigenvalue weighted by molar-refractivity contribution is 0.249. The van der Waals surface area contributed by atoms with Gasteiger partial charge >= 0.3 is 6.03 Å². The van der Waals surface area contributed by atoms with Gasteiger partial charge in [0.15, 0.2) is 5.82 Å². The Hall–Kier alpha value is -3.15. The van der Waals surface area contributed by atoms with Crippen LogP contribution in [0.5, 0.6) is 0 Å². The molecule has 3 aromatic rings. The van der Waals surface area contributed by atoms with Gasteiger partial charge in [0.05, 0.1) is 0 Å². The summed E-state index contributed by atoms with van der Waals surface area (Å²) >= 11 is 0. The highest BCUT2D eigenvalue weighted by atomic mass is 16.2. The first-order valence-electron chi connectivity index (χ1n) is 8.51. The first kappa shape index (κ1) is 17.7. The second-order valence-electron chi connectivity index (χ2n) is 6.41. The van der Waals surface area contributed by atoms with Crippen molar-refractivity contribution in [3.8, 4) is 0 Å². The van der Waals surface area contributed by atoms with Crippen molar-refractivity contribution in [3.05, 3.63) is 76.9 Å². The first-order valence-corrected chi connectivity index (χ1v) is 8.51. The largest absolute Gasteiger partial charge is 0.324 e. The van der Waals surface area contributed by atoms with E-state index in [-0.39, 0.29) is 6.03 Å². The van der Waals surface area contributed by atoms with Gasteiger partial charge < -0.3 is 15.2 Å². The van der Waals surface area contributed by atoms with Crippen LogP contribution >= 0.6 is 0 Å². The molecule has 1 atom stereocenters.